The van der Waals surface area contributed by atoms with Gasteiger partial charge < -0.3 is 11.1 Å². The molecule has 6 heteroatoms. The normalized spacial score (nSPS) is 9.62. The summed E-state index contributed by atoms with van der Waals surface area (Å²) in [4.78, 5) is 17.8. The van der Waals surface area contributed by atoms with Gasteiger partial charge in [-0.1, -0.05) is 0 Å². The van der Waals surface area contributed by atoms with Gasteiger partial charge in [0, 0.05) is 6.07 Å². The zero-order valence-electron chi connectivity index (χ0n) is 6.83. The maximum Gasteiger partial charge on any atom is 0.236 e. The van der Waals surface area contributed by atoms with Gasteiger partial charge in [-0.2, -0.15) is 0 Å². The smallest absolute Gasteiger partial charge is 0.236 e. The van der Waals surface area contributed by atoms with E-state index in [1.165, 1.54) is 12.4 Å². The lowest BCUT2D eigenvalue weighted by atomic mass is 10.4. The van der Waals surface area contributed by atoms with Crippen LogP contribution in [0.4, 0.5) is 10.2 Å². The first-order valence-electron chi connectivity index (χ1n) is 3.61. The van der Waals surface area contributed by atoms with E-state index in [1.807, 2.05) is 0 Å². The molecule has 13 heavy (non-hydrogen) atoms. The number of carbonyl (C=O) groups is 1. The Morgan fingerprint density at radius 1 is 1.62 bits per heavy atom. The van der Waals surface area contributed by atoms with Crippen molar-refractivity contribution in [2.75, 3.05) is 11.9 Å². The largest absolute Gasteiger partial charge is 0.368 e. The lowest BCUT2D eigenvalue weighted by molar-refractivity contribution is -0.116. The summed E-state index contributed by atoms with van der Waals surface area (Å²) in [5.74, 6) is -0.109. The van der Waals surface area contributed by atoms with Crippen molar-refractivity contribution in [2.45, 2.75) is 6.67 Å². The van der Waals surface area contributed by atoms with Gasteiger partial charge in [0.1, 0.15) is 18.8 Å². The van der Waals surface area contributed by atoms with Crippen molar-refractivity contribution < 1.29 is 9.18 Å². The number of nitrogens with one attached hydrogen (secondary N) is 1. The van der Waals surface area contributed by atoms with Crippen LogP contribution in [-0.2, 0) is 11.5 Å². The van der Waals surface area contributed by atoms with Crippen LogP contribution in [0.5, 0.6) is 0 Å². The van der Waals surface area contributed by atoms with Crippen LogP contribution in [0.25, 0.3) is 0 Å². The first-order valence-corrected chi connectivity index (χ1v) is 3.61. The highest BCUT2D eigenvalue weighted by atomic mass is 19.1. The summed E-state index contributed by atoms with van der Waals surface area (Å²) in [6.45, 7) is -0.684. The summed E-state index contributed by atoms with van der Waals surface area (Å²) in [5, 5.41) is 2.63. The van der Waals surface area contributed by atoms with Gasteiger partial charge in [-0.05, 0) is 0 Å². The second kappa shape index (κ2) is 4.34. The van der Waals surface area contributed by atoms with Crippen LogP contribution in [0, 0.1) is 0 Å². The van der Waals surface area contributed by atoms with E-state index in [2.05, 4.69) is 15.3 Å². The Morgan fingerprint density at radius 3 is 3.00 bits per heavy atom. The van der Waals surface area contributed by atoms with Crippen molar-refractivity contribution in [2.24, 2.45) is 5.73 Å². The van der Waals surface area contributed by atoms with Crippen LogP contribution in [0.1, 0.15) is 5.69 Å². The second-order valence-electron chi connectivity index (χ2n) is 2.35. The number of halogens is 1. The predicted octanol–water partition coefficient (Wildman–Crippen LogP) is -0.157. The lowest BCUT2D eigenvalue weighted by Gasteiger charge is -2.02. The summed E-state index contributed by atoms with van der Waals surface area (Å²) >= 11 is 0. The van der Waals surface area contributed by atoms with E-state index in [4.69, 9.17) is 5.73 Å². The molecule has 0 aromatic carbocycles. The summed E-state index contributed by atoms with van der Waals surface area (Å²) in [7, 11) is 0. The average molecular weight is 184 g/mol. The molecule has 0 spiro atoms. The summed E-state index contributed by atoms with van der Waals surface area (Å²) in [6, 6.07) is 1.42. The molecular formula is C7H9FN4O. The fourth-order valence-corrected chi connectivity index (χ4v) is 0.745. The molecule has 0 aliphatic carbocycles. The number of anilines is 1. The third-order valence-corrected chi connectivity index (χ3v) is 1.30. The first kappa shape index (κ1) is 9.37. The van der Waals surface area contributed by atoms with E-state index in [9.17, 15) is 9.18 Å². The SMILES string of the molecule is NC(=O)CNc1cc(CF)ncn1. The molecule has 0 atom stereocenters. The monoisotopic (exact) mass is 184 g/mol. The molecule has 0 aliphatic rings. The highest BCUT2D eigenvalue weighted by molar-refractivity contribution is 5.78. The first-order chi connectivity index (χ1) is 6.22. The number of hydrogen-bond acceptors (Lipinski definition) is 4. The minimum Gasteiger partial charge on any atom is -0.368 e. The minimum absolute atomic E-state index is 0.0251. The highest BCUT2D eigenvalue weighted by Crippen LogP contribution is 2.03. The number of nitrogens with two attached hydrogens (primary N) is 1. The van der Waals surface area contributed by atoms with Gasteiger partial charge in [0.05, 0.1) is 12.2 Å². The molecule has 5 nitrogen and oxygen atoms in total. The molecular weight excluding hydrogens is 175 g/mol. The Bertz CT molecular complexity index is 304. The molecule has 0 fully saturated rings. The molecule has 0 bridgehead atoms. The molecule has 3 N–H and O–H groups in total. The lowest BCUT2D eigenvalue weighted by Crippen LogP contribution is -2.22. The van der Waals surface area contributed by atoms with Gasteiger partial charge in [0.15, 0.2) is 0 Å². The number of alkyl halides is 1. The molecule has 1 aromatic rings. The summed E-state index contributed by atoms with van der Waals surface area (Å²) in [6.07, 6.45) is 1.22. The fourth-order valence-electron chi connectivity index (χ4n) is 0.745. The average Bonchev–Trinajstić information content (AvgIpc) is 2.15. The standard InChI is InChI=1S/C7H9FN4O/c8-2-5-1-7(12-4-11-5)10-3-6(9)13/h1,4H,2-3H2,(H2,9,13)(H,10,11,12). The van der Waals surface area contributed by atoms with Crippen molar-refractivity contribution in [1.29, 1.82) is 0 Å². The van der Waals surface area contributed by atoms with E-state index in [1.54, 1.807) is 0 Å². The van der Waals surface area contributed by atoms with Gasteiger partial charge in [-0.25, -0.2) is 14.4 Å². The van der Waals surface area contributed by atoms with Gasteiger partial charge >= 0.3 is 0 Å². The quantitative estimate of drug-likeness (QED) is 0.681. The molecule has 70 valence electrons. The number of aromatic nitrogens is 2. The van der Waals surface area contributed by atoms with Gasteiger partial charge in [0.2, 0.25) is 5.91 Å². The van der Waals surface area contributed by atoms with E-state index in [-0.39, 0.29) is 12.2 Å². The summed E-state index contributed by atoms with van der Waals surface area (Å²) in [5.41, 5.74) is 5.16. The van der Waals surface area contributed by atoms with Crippen molar-refractivity contribution in [1.82, 2.24) is 9.97 Å². The van der Waals surface area contributed by atoms with Crippen LogP contribution >= 0.6 is 0 Å². The van der Waals surface area contributed by atoms with E-state index >= 15 is 0 Å². The molecule has 0 radical (unpaired) electrons. The number of carbonyl (C=O) groups excluding carboxylic acids is 1. The molecule has 1 heterocycles. The van der Waals surface area contributed by atoms with Crippen molar-refractivity contribution in [3.05, 3.63) is 18.1 Å². The Kier molecular flexibility index (Phi) is 3.13. The number of nitrogens with zero attached hydrogens (tertiary/aromatic N) is 2. The van der Waals surface area contributed by atoms with E-state index in [0.717, 1.165) is 0 Å². The van der Waals surface area contributed by atoms with Crippen LogP contribution < -0.4 is 11.1 Å². The molecule has 1 rings (SSSR count). The van der Waals surface area contributed by atoms with Crippen molar-refractivity contribution >= 4 is 11.7 Å². The highest BCUT2D eigenvalue weighted by Gasteiger charge is 1.98. The van der Waals surface area contributed by atoms with Crippen LogP contribution in [0.15, 0.2) is 12.4 Å². The third kappa shape index (κ3) is 3.02. The zero-order chi connectivity index (χ0) is 9.68. The van der Waals surface area contributed by atoms with Crippen LogP contribution in [0.3, 0.4) is 0 Å². The summed E-state index contributed by atoms with van der Waals surface area (Å²) < 4.78 is 12.1. The second-order valence-corrected chi connectivity index (χ2v) is 2.35. The Morgan fingerprint density at radius 2 is 2.38 bits per heavy atom. The van der Waals surface area contributed by atoms with Gasteiger partial charge in [-0.15, -0.1) is 0 Å². The number of rotatable bonds is 4. The van der Waals surface area contributed by atoms with Gasteiger partial charge in [-0.3, -0.25) is 4.79 Å². The molecule has 1 amide bonds. The number of amides is 1. The molecule has 0 unspecified atom stereocenters. The van der Waals surface area contributed by atoms with Crippen molar-refractivity contribution in [3.63, 3.8) is 0 Å². The predicted molar refractivity (Wildman–Crippen MR) is 44.5 cm³/mol. The molecule has 0 aliphatic heterocycles. The molecule has 1 aromatic heterocycles. The number of primary amides is 1. The minimum atomic E-state index is -0.659. The maximum atomic E-state index is 12.1. The fraction of sp³-hybridized carbons (Fsp3) is 0.286. The van der Waals surface area contributed by atoms with E-state index < -0.39 is 12.6 Å². The zero-order valence-corrected chi connectivity index (χ0v) is 6.83. The number of hydrogen-bond donors (Lipinski definition) is 2. The van der Waals surface area contributed by atoms with Gasteiger partial charge in [0.25, 0.3) is 0 Å². The Labute approximate surface area is 74.2 Å². The molecule has 0 saturated heterocycles. The van der Waals surface area contributed by atoms with Crippen LogP contribution in [-0.4, -0.2) is 22.4 Å². The maximum absolute atomic E-state index is 12.1. The Hall–Kier alpha value is -1.72. The van der Waals surface area contributed by atoms with E-state index in [0.29, 0.717) is 5.82 Å². The van der Waals surface area contributed by atoms with Crippen molar-refractivity contribution in [3.8, 4) is 0 Å². The topological polar surface area (TPSA) is 80.9 Å². The third-order valence-electron chi connectivity index (χ3n) is 1.30. The molecule has 0 saturated carbocycles. The van der Waals surface area contributed by atoms with Crippen LogP contribution in [0.2, 0.25) is 0 Å². The Balaban J connectivity index is 2.61.